The van der Waals surface area contributed by atoms with Crippen molar-refractivity contribution in [2.75, 3.05) is 18.9 Å². The van der Waals surface area contributed by atoms with Crippen molar-refractivity contribution in [3.8, 4) is 5.75 Å². The summed E-state index contributed by atoms with van der Waals surface area (Å²) in [5, 5.41) is 0.0609. The number of carbonyl (C=O) groups excluding carboxylic acids is 1. The molecule has 0 unspecified atom stereocenters. The molecule has 8 heteroatoms. The molecule has 1 heterocycles. The third-order valence-corrected chi connectivity index (χ3v) is 10.2. The molecule has 1 fully saturated rings. The van der Waals surface area contributed by atoms with Gasteiger partial charge in [0.2, 0.25) is 0 Å². The molecule has 2 N–H and O–H groups in total. The number of amides is 1. The zero-order valence-electron chi connectivity index (χ0n) is 19.5. The van der Waals surface area contributed by atoms with Gasteiger partial charge in [-0.3, -0.25) is 4.90 Å². The summed E-state index contributed by atoms with van der Waals surface area (Å²) in [5.41, 5.74) is 5.33. The highest BCUT2D eigenvalue weighted by Crippen LogP contribution is 2.39. The van der Waals surface area contributed by atoms with E-state index in [0.29, 0.717) is 18.7 Å². The first-order valence-electron chi connectivity index (χ1n) is 10.4. The van der Waals surface area contributed by atoms with Crippen molar-refractivity contribution < 1.29 is 23.1 Å². The average Bonchev–Trinajstić information content (AvgIpc) is 2.93. The first-order chi connectivity index (χ1) is 13.6. The minimum absolute atomic E-state index is 0.0609. The van der Waals surface area contributed by atoms with Crippen LogP contribution in [0.15, 0.2) is 18.2 Å². The van der Waals surface area contributed by atoms with Gasteiger partial charge in [0.1, 0.15) is 12.2 Å². The first-order valence-corrected chi connectivity index (χ1v) is 13.3. The predicted molar refractivity (Wildman–Crippen MR) is 120 cm³/mol. The Hall–Kier alpha value is -1.80. The zero-order valence-corrected chi connectivity index (χ0v) is 20.5. The maximum atomic E-state index is 14.1. The van der Waals surface area contributed by atoms with Crippen LogP contribution in [0, 0.1) is 5.82 Å². The molecule has 6 nitrogen and oxygen atoms in total. The topological polar surface area (TPSA) is 74.0 Å². The summed E-state index contributed by atoms with van der Waals surface area (Å²) in [6.07, 6.45) is 0.0981. The Bertz CT molecular complexity index is 758. The standard InChI is InChI=1S/C22H37FN2O4Si/c1-21(2,3)28-20(26)25-13-17(29-30(7,8)22(4,5)6)12-16(25)14-27-19-10-9-15(24)11-18(19)23/h9-11,16-17H,12-14,24H2,1-8H3/t16-,17+/m0/s1. The van der Waals surface area contributed by atoms with E-state index >= 15 is 0 Å². The van der Waals surface area contributed by atoms with Crippen molar-refractivity contribution in [3.63, 3.8) is 0 Å². The number of nitrogens with zero attached hydrogens (tertiary/aromatic N) is 1. The van der Waals surface area contributed by atoms with Gasteiger partial charge in [-0.2, -0.15) is 0 Å². The number of carbonyl (C=O) groups is 1. The largest absolute Gasteiger partial charge is 0.488 e. The lowest BCUT2D eigenvalue weighted by Crippen LogP contribution is -2.45. The van der Waals surface area contributed by atoms with Gasteiger partial charge in [-0.05, 0) is 57.5 Å². The third-order valence-electron chi connectivity index (χ3n) is 5.66. The molecule has 1 aliphatic heterocycles. The second-order valence-corrected chi connectivity index (χ2v) is 15.3. The smallest absolute Gasteiger partial charge is 0.410 e. The van der Waals surface area contributed by atoms with Crippen molar-refractivity contribution >= 4 is 20.1 Å². The Morgan fingerprint density at radius 3 is 2.40 bits per heavy atom. The zero-order chi connectivity index (χ0) is 22.9. The number of anilines is 1. The molecule has 1 amide bonds. The lowest BCUT2D eigenvalue weighted by molar-refractivity contribution is 0.0173. The molecular formula is C22H37FN2O4Si. The molecular weight excluding hydrogens is 403 g/mol. The highest BCUT2D eigenvalue weighted by Gasteiger charge is 2.44. The van der Waals surface area contributed by atoms with Gasteiger partial charge in [0.05, 0.1) is 12.1 Å². The van der Waals surface area contributed by atoms with E-state index in [9.17, 15) is 9.18 Å². The van der Waals surface area contributed by atoms with Crippen molar-refractivity contribution in [2.45, 2.75) is 83.8 Å². The number of hydrogen-bond donors (Lipinski definition) is 1. The number of rotatable bonds is 5. The van der Waals surface area contributed by atoms with Crippen LogP contribution in [0.25, 0.3) is 0 Å². The van der Waals surface area contributed by atoms with Crippen LogP contribution >= 0.6 is 0 Å². The first kappa shape index (κ1) is 24.5. The lowest BCUT2D eigenvalue weighted by atomic mass is 10.2. The van der Waals surface area contributed by atoms with Gasteiger partial charge in [-0.25, -0.2) is 9.18 Å². The SMILES string of the molecule is CC(C)(C)OC(=O)N1C[C@H](O[Si](C)(C)C(C)(C)C)C[C@H]1COc1ccc(N)cc1F. The molecule has 1 aromatic carbocycles. The maximum Gasteiger partial charge on any atom is 0.410 e. The number of ether oxygens (including phenoxy) is 2. The van der Waals surface area contributed by atoms with Crippen LogP contribution in [-0.4, -0.2) is 50.2 Å². The molecule has 170 valence electrons. The van der Waals surface area contributed by atoms with E-state index in [1.807, 2.05) is 20.8 Å². The molecule has 30 heavy (non-hydrogen) atoms. The molecule has 2 rings (SSSR count). The van der Waals surface area contributed by atoms with Crippen LogP contribution in [0.2, 0.25) is 18.1 Å². The summed E-state index contributed by atoms with van der Waals surface area (Å²) in [6, 6.07) is 4.04. The Morgan fingerprint density at radius 1 is 1.23 bits per heavy atom. The van der Waals surface area contributed by atoms with Crippen LogP contribution in [-0.2, 0) is 9.16 Å². The van der Waals surface area contributed by atoms with Gasteiger partial charge >= 0.3 is 6.09 Å². The second-order valence-electron chi connectivity index (χ2n) is 10.5. The Labute approximate surface area is 181 Å². The van der Waals surface area contributed by atoms with Crippen molar-refractivity contribution in [1.29, 1.82) is 0 Å². The fourth-order valence-corrected chi connectivity index (χ4v) is 4.43. The van der Waals surface area contributed by atoms with E-state index in [-0.39, 0.29) is 29.5 Å². The molecule has 0 bridgehead atoms. The van der Waals surface area contributed by atoms with Gasteiger partial charge in [0.25, 0.3) is 0 Å². The molecule has 1 aliphatic rings. The van der Waals surface area contributed by atoms with E-state index in [4.69, 9.17) is 19.6 Å². The Balaban J connectivity index is 2.15. The van der Waals surface area contributed by atoms with Crippen LogP contribution in [0.4, 0.5) is 14.9 Å². The van der Waals surface area contributed by atoms with Crippen LogP contribution < -0.4 is 10.5 Å². The molecule has 0 saturated carbocycles. The number of likely N-dealkylation sites (tertiary alicyclic amines) is 1. The summed E-state index contributed by atoms with van der Waals surface area (Å²) < 4.78 is 31.9. The average molecular weight is 441 g/mol. The third kappa shape index (κ3) is 6.35. The molecule has 0 aromatic heterocycles. The minimum atomic E-state index is -2.01. The van der Waals surface area contributed by atoms with Crippen LogP contribution in [0.3, 0.4) is 0 Å². The van der Waals surface area contributed by atoms with Gasteiger partial charge in [-0.15, -0.1) is 0 Å². The van der Waals surface area contributed by atoms with Crippen molar-refractivity contribution in [3.05, 3.63) is 24.0 Å². The minimum Gasteiger partial charge on any atom is -0.488 e. The van der Waals surface area contributed by atoms with Gasteiger partial charge in [-0.1, -0.05) is 20.8 Å². The number of nitrogen functional groups attached to an aromatic ring is 1. The quantitative estimate of drug-likeness (QED) is 0.504. The molecule has 2 atom stereocenters. The molecule has 0 aliphatic carbocycles. The van der Waals surface area contributed by atoms with E-state index in [0.717, 1.165) is 0 Å². The molecule has 1 saturated heterocycles. The summed E-state index contributed by atoms with van der Waals surface area (Å²) in [7, 11) is -2.01. The Kier molecular flexibility index (Phi) is 7.13. The second kappa shape index (κ2) is 8.75. The Morgan fingerprint density at radius 2 is 1.87 bits per heavy atom. The van der Waals surface area contributed by atoms with Gasteiger partial charge in [0.15, 0.2) is 19.9 Å². The summed E-state index contributed by atoms with van der Waals surface area (Å²) in [6.45, 7) is 17.0. The van der Waals surface area contributed by atoms with Crippen LogP contribution in [0.5, 0.6) is 5.75 Å². The van der Waals surface area contributed by atoms with Gasteiger partial charge in [0, 0.05) is 18.3 Å². The van der Waals surface area contributed by atoms with Crippen LogP contribution in [0.1, 0.15) is 48.0 Å². The normalized spacial score (nSPS) is 20.4. The predicted octanol–water partition coefficient (Wildman–Crippen LogP) is 5.19. The fourth-order valence-electron chi connectivity index (χ4n) is 3.07. The van der Waals surface area contributed by atoms with E-state index in [2.05, 4.69) is 33.9 Å². The maximum absolute atomic E-state index is 14.1. The summed E-state index contributed by atoms with van der Waals surface area (Å²) in [5.74, 6) is -0.409. The van der Waals surface area contributed by atoms with E-state index < -0.39 is 25.8 Å². The highest BCUT2D eigenvalue weighted by molar-refractivity contribution is 6.74. The monoisotopic (exact) mass is 440 g/mol. The van der Waals surface area contributed by atoms with E-state index in [1.54, 1.807) is 11.0 Å². The lowest BCUT2D eigenvalue weighted by Gasteiger charge is -2.38. The molecule has 1 aromatic rings. The number of nitrogens with two attached hydrogens (primary N) is 1. The van der Waals surface area contributed by atoms with Gasteiger partial charge < -0.3 is 19.6 Å². The van der Waals surface area contributed by atoms with Crippen molar-refractivity contribution in [2.24, 2.45) is 0 Å². The molecule has 0 spiro atoms. The number of hydrogen-bond acceptors (Lipinski definition) is 5. The highest BCUT2D eigenvalue weighted by atomic mass is 28.4. The summed E-state index contributed by atoms with van der Waals surface area (Å²) in [4.78, 5) is 14.5. The van der Waals surface area contributed by atoms with E-state index in [1.165, 1.54) is 12.1 Å². The number of halogens is 1. The fraction of sp³-hybridized carbons (Fsp3) is 0.682. The molecule has 0 radical (unpaired) electrons. The van der Waals surface area contributed by atoms with Crippen molar-refractivity contribution in [1.82, 2.24) is 4.90 Å². The number of benzene rings is 1. The summed E-state index contributed by atoms with van der Waals surface area (Å²) >= 11 is 0.